The number of rotatable bonds is 14. The number of carbonyl (C=O) groups is 1. The second-order valence-corrected chi connectivity index (χ2v) is 11.1. The molecule has 0 spiro atoms. The van der Waals surface area contributed by atoms with Gasteiger partial charge in [-0.1, -0.05) is 82.5 Å². The van der Waals surface area contributed by atoms with E-state index in [-0.39, 0.29) is 32.0 Å². The van der Waals surface area contributed by atoms with Crippen LogP contribution in [0.15, 0.2) is 112 Å². The molecule has 12 nitrogen and oxygen atoms in total. The first-order chi connectivity index (χ1) is 23.0. The molecule has 2 N–H and O–H groups in total. The van der Waals surface area contributed by atoms with Gasteiger partial charge in [0.15, 0.2) is 11.6 Å². The number of aliphatic hydroxyl groups excluding tert-OH is 1. The fourth-order valence-corrected chi connectivity index (χ4v) is 5.46. The van der Waals surface area contributed by atoms with E-state index in [1.54, 1.807) is 60.7 Å². The van der Waals surface area contributed by atoms with Crippen LogP contribution in [-0.4, -0.2) is 35.7 Å². The maximum atomic E-state index is 14.6. The van der Waals surface area contributed by atoms with Gasteiger partial charge in [0.05, 0.1) is 13.2 Å². The van der Waals surface area contributed by atoms with Crippen LogP contribution < -0.4 is 10.1 Å². The number of amides is 1. The zero-order valence-electron chi connectivity index (χ0n) is 25.2. The predicted molar refractivity (Wildman–Crippen MR) is 178 cm³/mol. The van der Waals surface area contributed by atoms with Crippen LogP contribution in [0.3, 0.4) is 0 Å². The number of hydrogen-bond donors (Lipinski definition) is 2. The van der Waals surface area contributed by atoms with Gasteiger partial charge in [0.1, 0.15) is 5.75 Å². The standard InChI is InChI=1S/C34H31ClN8O4/c35-27-14-10-23(11-15-27)21-38-33(45)34(20-25-6-2-4-9-30(25)41-43-37)31(29-8-3-1-7-26(29)22-39-42-36)47-32(40-34)24-12-16-28(17-13-24)46-19-5-18-44/h1-4,6-17,31,44H,5,18-22H2,(H,38,45)/t31-,34-/m1/s1. The summed E-state index contributed by atoms with van der Waals surface area (Å²) in [7, 11) is 0. The largest absolute Gasteiger partial charge is 0.494 e. The van der Waals surface area contributed by atoms with Gasteiger partial charge in [-0.2, -0.15) is 0 Å². The van der Waals surface area contributed by atoms with Gasteiger partial charge in [-0.05, 0) is 69.7 Å². The molecule has 238 valence electrons. The van der Waals surface area contributed by atoms with E-state index < -0.39 is 17.6 Å². The minimum absolute atomic E-state index is 0.0149. The van der Waals surface area contributed by atoms with Gasteiger partial charge in [-0.15, -0.1) is 0 Å². The summed E-state index contributed by atoms with van der Waals surface area (Å²) in [4.78, 5) is 25.6. The Hall–Kier alpha value is -5.51. The summed E-state index contributed by atoms with van der Waals surface area (Å²) in [6.07, 6.45) is -0.451. The average molecular weight is 651 g/mol. The third kappa shape index (κ3) is 7.84. The van der Waals surface area contributed by atoms with Crippen LogP contribution >= 0.6 is 11.6 Å². The molecule has 47 heavy (non-hydrogen) atoms. The van der Waals surface area contributed by atoms with Crippen molar-refractivity contribution in [1.82, 2.24) is 5.32 Å². The van der Waals surface area contributed by atoms with Gasteiger partial charge < -0.3 is 19.9 Å². The summed E-state index contributed by atoms with van der Waals surface area (Å²) in [6.45, 7) is 0.599. The Labute approximate surface area is 275 Å². The number of aliphatic imine (C=N–C) groups is 1. The van der Waals surface area contributed by atoms with Crippen LogP contribution in [0, 0.1) is 0 Å². The molecule has 1 amide bonds. The summed E-state index contributed by atoms with van der Waals surface area (Å²) < 4.78 is 12.3. The Kier molecular flexibility index (Phi) is 11.0. The van der Waals surface area contributed by atoms with Crippen LogP contribution in [0.1, 0.15) is 40.3 Å². The number of halogens is 1. The van der Waals surface area contributed by atoms with Crippen LogP contribution in [0.2, 0.25) is 5.02 Å². The first-order valence-corrected chi connectivity index (χ1v) is 15.2. The van der Waals surface area contributed by atoms with E-state index in [0.29, 0.717) is 51.7 Å². The molecule has 0 aromatic heterocycles. The van der Waals surface area contributed by atoms with E-state index in [1.165, 1.54) is 0 Å². The third-order valence-corrected chi connectivity index (χ3v) is 7.89. The Bertz CT molecular complexity index is 1840. The first-order valence-electron chi connectivity index (χ1n) is 14.8. The molecule has 1 aliphatic heterocycles. The van der Waals surface area contributed by atoms with Gasteiger partial charge in [0.25, 0.3) is 5.91 Å². The number of azide groups is 2. The molecule has 13 heteroatoms. The number of aliphatic hydroxyl groups is 1. The summed E-state index contributed by atoms with van der Waals surface area (Å²) in [5, 5.41) is 20.4. The second kappa shape index (κ2) is 15.7. The highest BCUT2D eigenvalue weighted by Crippen LogP contribution is 2.45. The summed E-state index contributed by atoms with van der Waals surface area (Å²) in [5.74, 6) is 0.399. The Morgan fingerprint density at radius 3 is 2.43 bits per heavy atom. The zero-order chi connectivity index (χ0) is 33.1. The van der Waals surface area contributed by atoms with Crippen molar-refractivity contribution in [2.24, 2.45) is 15.2 Å². The number of benzene rings is 4. The fourth-order valence-electron chi connectivity index (χ4n) is 5.34. The average Bonchev–Trinajstić information content (AvgIpc) is 3.48. The van der Waals surface area contributed by atoms with Crippen molar-refractivity contribution in [3.63, 3.8) is 0 Å². The molecule has 4 aromatic rings. The lowest BCUT2D eigenvalue weighted by atomic mass is 9.80. The van der Waals surface area contributed by atoms with Gasteiger partial charge in [-0.25, -0.2) is 4.99 Å². The zero-order valence-corrected chi connectivity index (χ0v) is 26.0. The molecular weight excluding hydrogens is 620 g/mol. The van der Waals surface area contributed by atoms with Crippen molar-refractivity contribution >= 4 is 29.1 Å². The molecule has 0 radical (unpaired) electrons. The van der Waals surface area contributed by atoms with Gasteiger partial charge in [-0.3, -0.25) is 4.79 Å². The van der Waals surface area contributed by atoms with Crippen molar-refractivity contribution in [3.05, 3.63) is 151 Å². The number of carbonyl (C=O) groups excluding carboxylic acids is 1. The highest BCUT2D eigenvalue weighted by molar-refractivity contribution is 6.30. The lowest BCUT2D eigenvalue weighted by Gasteiger charge is -2.32. The van der Waals surface area contributed by atoms with Crippen LogP contribution in [0.5, 0.6) is 5.75 Å². The molecule has 0 aliphatic carbocycles. The van der Waals surface area contributed by atoms with Crippen LogP contribution in [-0.2, 0) is 29.0 Å². The van der Waals surface area contributed by atoms with Crippen molar-refractivity contribution in [2.45, 2.75) is 37.6 Å². The maximum absolute atomic E-state index is 14.6. The molecular formula is C34H31ClN8O4. The minimum atomic E-state index is -1.59. The van der Waals surface area contributed by atoms with Gasteiger partial charge in [0, 0.05) is 52.1 Å². The number of nitrogens with zero attached hydrogens (tertiary/aromatic N) is 7. The molecule has 1 aliphatic rings. The molecule has 0 saturated carbocycles. The number of ether oxygens (including phenoxy) is 2. The van der Waals surface area contributed by atoms with Crippen molar-refractivity contribution < 1.29 is 19.4 Å². The Morgan fingerprint density at radius 1 is 0.979 bits per heavy atom. The monoisotopic (exact) mass is 650 g/mol. The van der Waals surface area contributed by atoms with Crippen molar-refractivity contribution in [1.29, 1.82) is 0 Å². The highest BCUT2D eigenvalue weighted by atomic mass is 35.5. The molecule has 0 bridgehead atoms. The van der Waals surface area contributed by atoms with E-state index in [2.05, 4.69) is 25.4 Å². The molecule has 1 heterocycles. The normalized spacial score (nSPS) is 16.6. The molecule has 0 saturated heterocycles. The molecule has 5 rings (SSSR count). The van der Waals surface area contributed by atoms with E-state index in [9.17, 15) is 10.3 Å². The molecule has 0 fully saturated rings. The first kappa shape index (κ1) is 32.9. The Balaban J connectivity index is 1.64. The quantitative estimate of drug-likeness (QED) is 0.0616. The molecule has 4 aromatic carbocycles. The summed E-state index contributed by atoms with van der Waals surface area (Å²) in [5.41, 5.74) is 20.5. The summed E-state index contributed by atoms with van der Waals surface area (Å²) >= 11 is 6.08. The molecule has 0 unspecified atom stereocenters. The lowest BCUT2D eigenvalue weighted by molar-refractivity contribution is -0.129. The lowest BCUT2D eigenvalue weighted by Crippen LogP contribution is -2.50. The summed E-state index contributed by atoms with van der Waals surface area (Å²) in [6, 6.07) is 28.5. The second-order valence-electron chi connectivity index (χ2n) is 10.7. The topological polar surface area (TPSA) is 178 Å². The SMILES string of the molecule is [N-]=[N+]=NCc1ccccc1[C@H]1OC(c2ccc(OCCCO)cc2)=N[C@@]1(Cc1ccccc1N=[N+]=[N-])C(=O)NCc1ccc(Cl)cc1. The smallest absolute Gasteiger partial charge is 0.252 e. The van der Waals surface area contributed by atoms with Crippen molar-refractivity contribution in [3.8, 4) is 5.75 Å². The van der Waals surface area contributed by atoms with Gasteiger partial charge >= 0.3 is 0 Å². The fraction of sp³-hybridized carbons (Fsp3) is 0.235. The van der Waals surface area contributed by atoms with E-state index in [1.807, 2.05) is 36.4 Å². The van der Waals surface area contributed by atoms with Crippen LogP contribution in [0.4, 0.5) is 5.69 Å². The third-order valence-electron chi connectivity index (χ3n) is 7.64. The highest BCUT2D eigenvalue weighted by Gasteiger charge is 2.54. The van der Waals surface area contributed by atoms with Crippen molar-refractivity contribution in [2.75, 3.05) is 13.2 Å². The van der Waals surface area contributed by atoms with E-state index in [0.717, 1.165) is 5.56 Å². The van der Waals surface area contributed by atoms with E-state index in [4.69, 9.17) is 36.7 Å². The maximum Gasteiger partial charge on any atom is 0.252 e. The number of hydrogen-bond acceptors (Lipinski definition) is 7. The Morgan fingerprint density at radius 2 is 1.70 bits per heavy atom. The van der Waals surface area contributed by atoms with Gasteiger partial charge in [0.2, 0.25) is 5.90 Å². The number of nitrogens with one attached hydrogen (secondary N) is 1. The molecule has 2 atom stereocenters. The van der Waals surface area contributed by atoms with E-state index >= 15 is 0 Å². The van der Waals surface area contributed by atoms with Crippen LogP contribution in [0.25, 0.3) is 20.9 Å². The minimum Gasteiger partial charge on any atom is -0.494 e. The predicted octanol–water partition coefficient (Wildman–Crippen LogP) is 7.67.